The van der Waals surface area contributed by atoms with Crippen LogP contribution in [0.2, 0.25) is 0 Å². The van der Waals surface area contributed by atoms with Gasteiger partial charge in [-0.1, -0.05) is 17.7 Å². The molecule has 0 amide bonds. The van der Waals surface area contributed by atoms with E-state index in [2.05, 4.69) is 19.9 Å². The van der Waals surface area contributed by atoms with Crippen LogP contribution in [-0.2, 0) is 6.42 Å². The maximum Gasteiger partial charge on any atom is 0.174 e. The van der Waals surface area contributed by atoms with Gasteiger partial charge in [0, 0.05) is 17.5 Å². The average molecular weight is 424 g/mol. The SMILES string of the molecule is CC(C)=CC[C@@H]1Cc2c(cc(O)c3c2O[C@H](c2c(O)cccc2O)CC3=O)OC1(C)C. The van der Waals surface area contributed by atoms with Gasteiger partial charge in [0.1, 0.15) is 46.0 Å². The molecule has 0 spiro atoms. The van der Waals surface area contributed by atoms with Crippen LogP contribution in [0.25, 0.3) is 0 Å². The molecular weight excluding hydrogens is 396 g/mol. The predicted molar refractivity (Wildman–Crippen MR) is 116 cm³/mol. The Hall–Kier alpha value is -3.15. The number of allylic oxidation sites excluding steroid dienone is 2. The summed E-state index contributed by atoms with van der Waals surface area (Å²) in [7, 11) is 0. The first-order chi connectivity index (χ1) is 14.6. The Morgan fingerprint density at radius 2 is 1.81 bits per heavy atom. The summed E-state index contributed by atoms with van der Waals surface area (Å²) in [5.74, 6) is 0.128. The molecule has 0 bridgehead atoms. The molecule has 164 valence electrons. The molecule has 6 heteroatoms. The fourth-order valence-corrected chi connectivity index (χ4v) is 4.44. The zero-order valence-corrected chi connectivity index (χ0v) is 18.2. The topological polar surface area (TPSA) is 96.2 Å². The lowest BCUT2D eigenvalue weighted by atomic mass is 9.78. The van der Waals surface area contributed by atoms with E-state index in [0.29, 0.717) is 12.2 Å². The lowest BCUT2D eigenvalue weighted by molar-refractivity contribution is 0.0255. The molecule has 0 saturated carbocycles. The first kappa shape index (κ1) is 21.1. The van der Waals surface area contributed by atoms with Gasteiger partial charge in [-0.2, -0.15) is 0 Å². The lowest BCUT2D eigenvalue weighted by Gasteiger charge is -2.41. The molecule has 2 aliphatic rings. The summed E-state index contributed by atoms with van der Waals surface area (Å²) in [6, 6.07) is 5.89. The summed E-state index contributed by atoms with van der Waals surface area (Å²) in [6.45, 7) is 8.14. The third kappa shape index (κ3) is 3.71. The van der Waals surface area contributed by atoms with Crippen LogP contribution in [0.4, 0.5) is 0 Å². The van der Waals surface area contributed by atoms with Gasteiger partial charge in [-0.3, -0.25) is 4.79 Å². The van der Waals surface area contributed by atoms with Crippen LogP contribution in [-0.4, -0.2) is 26.7 Å². The number of phenolic OH excluding ortho intramolecular Hbond substituents is 3. The summed E-state index contributed by atoms with van der Waals surface area (Å²) in [4.78, 5) is 13.0. The summed E-state index contributed by atoms with van der Waals surface area (Å²) in [5.41, 5.74) is 1.78. The number of ether oxygens (including phenoxy) is 2. The number of aromatic hydroxyl groups is 3. The van der Waals surface area contributed by atoms with Gasteiger partial charge in [0.25, 0.3) is 0 Å². The average Bonchev–Trinajstić information content (AvgIpc) is 2.65. The number of carbonyl (C=O) groups is 1. The molecule has 0 aliphatic carbocycles. The van der Waals surface area contributed by atoms with Gasteiger partial charge in [0.2, 0.25) is 0 Å². The fraction of sp³-hybridized carbons (Fsp3) is 0.400. The number of ketones is 1. The zero-order valence-electron chi connectivity index (χ0n) is 18.2. The molecule has 2 aromatic carbocycles. The molecule has 0 fully saturated rings. The van der Waals surface area contributed by atoms with Crippen molar-refractivity contribution in [3.05, 3.63) is 52.6 Å². The van der Waals surface area contributed by atoms with Gasteiger partial charge in [-0.25, -0.2) is 0 Å². The molecule has 4 rings (SSSR count). The molecule has 2 heterocycles. The Morgan fingerprint density at radius 1 is 1.13 bits per heavy atom. The van der Waals surface area contributed by atoms with Crippen LogP contribution in [0.1, 0.15) is 68.1 Å². The summed E-state index contributed by atoms with van der Waals surface area (Å²) in [5, 5.41) is 31.1. The number of Topliss-reactive ketones (excluding diaryl/α,β-unsaturated/α-hetero) is 1. The van der Waals surface area contributed by atoms with Crippen molar-refractivity contribution in [2.24, 2.45) is 5.92 Å². The highest BCUT2D eigenvalue weighted by Crippen LogP contribution is 2.51. The van der Waals surface area contributed by atoms with Crippen LogP contribution in [0.3, 0.4) is 0 Å². The monoisotopic (exact) mass is 424 g/mol. The van der Waals surface area contributed by atoms with Crippen molar-refractivity contribution in [1.82, 2.24) is 0 Å². The molecule has 0 saturated heterocycles. The lowest BCUT2D eigenvalue weighted by Crippen LogP contribution is -2.42. The van der Waals surface area contributed by atoms with E-state index in [1.54, 1.807) is 0 Å². The van der Waals surface area contributed by atoms with Gasteiger partial charge in [-0.05, 0) is 52.7 Å². The van der Waals surface area contributed by atoms with Crippen LogP contribution < -0.4 is 9.47 Å². The minimum atomic E-state index is -0.863. The third-order valence-electron chi connectivity index (χ3n) is 6.23. The Kier molecular flexibility index (Phi) is 5.12. The van der Waals surface area contributed by atoms with Gasteiger partial charge in [0.05, 0.1) is 12.0 Å². The Labute approximate surface area is 181 Å². The first-order valence-corrected chi connectivity index (χ1v) is 10.5. The van der Waals surface area contributed by atoms with Crippen molar-refractivity contribution >= 4 is 5.78 Å². The van der Waals surface area contributed by atoms with Crippen LogP contribution in [0, 0.1) is 5.92 Å². The molecular formula is C25H28O6. The number of carbonyl (C=O) groups excluding carboxylic acids is 1. The summed E-state index contributed by atoms with van der Waals surface area (Å²) in [6.07, 6.45) is 2.63. The Morgan fingerprint density at radius 3 is 2.45 bits per heavy atom. The predicted octanol–water partition coefficient (Wildman–Crippen LogP) is 5.20. The van der Waals surface area contributed by atoms with Gasteiger partial charge >= 0.3 is 0 Å². The van der Waals surface area contributed by atoms with Crippen molar-refractivity contribution in [3.8, 4) is 28.7 Å². The number of fused-ring (bicyclic) bond motifs is 3. The summed E-state index contributed by atoms with van der Waals surface area (Å²) >= 11 is 0. The smallest absolute Gasteiger partial charge is 0.174 e. The third-order valence-corrected chi connectivity index (χ3v) is 6.23. The number of rotatable bonds is 3. The maximum absolute atomic E-state index is 13.0. The minimum absolute atomic E-state index is 0.0992. The standard InChI is InChI=1S/C25H28O6/c1-13(2)8-9-14-10-15-20(31-25(14,3)4)11-18(28)23-19(29)12-21(30-24(15)23)22-16(26)6-5-7-17(22)27/h5-8,11,14,21,26-28H,9-10,12H2,1-4H3/t14-,21+/m1/s1. The van der Waals surface area contributed by atoms with Crippen LogP contribution >= 0.6 is 0 Å². The number of phenols is 3. The number of hydrogen-bond donors (Lipinski definition) is 3. The minimum Gasteiger partial charge on any atom is -0.507 e. The number of benzene rings is 2. The van der Waals surface area contributed by atoms with E-state index in [4.69, 9.17) is 9.47 Å². The van der Waals surface area contributed by atoms with Crippen molar-refractivity contribution in [2.75, 3.05) is 0 Å². The second-order valence-corrected chi connectivity index (χ2v) is 9.14. The Balaban J connectivity index is 1.80. The summed E-state index contributed by atoms with van der Waals surface area (Å²) < 4.78 is 12.4. The molecule has 2 atom stereocenters. The van der Waals surface area contributed by atoms with Crippen LogP contribution in [0.15, 0.2) is 35.9 Å². The highest BCUT2D eigenvalue weighted by molar-refractivity contribution is 6.03. The fourth-order valence-electron chi connectivity index (χ4n) is 4.44. The second-order valence-electron chi connectivity index (χ2n) is 9.14. The molecule has 31 heavy (non-hydrogen) atoms. The van der Waals surface area contributed by atoms with Crippen molar-refractivity contribution < 1.29 is 29.6 Å². The quantitative estimate of drug-likeness (QED) is 0.587. The molecule has 3 N–H and O–H groups in total. The maximum atomic E-state index is 13.0. The molecule has 6 nitrogen and oxygen atoms in total. The zero-order chi connectivity index (χ0) is 22.5. The molecule has 0 radical (unpaired) electrons. The van der Waals surface area contributed by atoms with E-state index in [9.17, 15) is 20.1 Å². The molecule has 2 aliphatic heterocycles. The molecule has 0 unspecified atom stereocenters. The van der Waals surface area contributed by atoms with E-state index in [-0.39, 0.29) is 52.2 Å². The van der Waals surface area contributed by atoms with Gasteiger partial charge in [-0.15, -0.1) is 0 Å². The Bertz CT molecular complexity index is 1060. The van der Waals surface area contributed by atoms with Crippen LogP contribution in [0.5, 0.6) is 28.7 Å². The van der Waals surface area contributed by atoms with Crippen molar-refractivity contribution in [1.29, 1.82) is 0 Å². The van der Waals surface area contributed by atoms with Gasteiger partial charge < -0.3 is 24.8 Å². The first-order valence-electron chi connectivity index (χ1n) is 10.5. The molecule has 0 aromatic heterocycles. The van der Waals surface area contributed by atoms with E-state index < -0.39 is 11.7 Å². The van der Waals surface area contributed by atoms with E-state index in [1.807, 2.05) is 13.8 Å². The second kappa shape index (κ2) is 7.52. The highest BCUT2D eigenvalue weighted by Gasteiger charge is 2.42. The van der Waals surface area contributed by atoms with E-state index in [1.165, 1.54) is 29.8 Å². The molecule has 2 aromatic rings. The largest absolute Gasteiger partial charge is 0.507 e. The van der Waals surface area contributed by atoms with Crippen molar-refractivity contribution in [2.45, 2.75) is 58.7 Å². The number of hydrogen-bond acceptors (Lipinski definition) is 6. The van der Waals surface area contributed by atoms with E-state index in [0.717, 1.165) is 12.0 Å². The van der Waals surface area contributed by atoms with E-state index >= 15 is 0 Å². The highest BCUT2D eigenvalue weighted by atomic mass is 16.5. The normalized spacial score (nSPS) is 21.4. The van der Waals surface area contributed by atoms with Gasteiger partial charge in [0.15, 0.2) is 5.78 Å². The van der Waals surface area contributed by atoms with Crippen molar-refractivity contribution in [3.63, 3.8) is 0 Å².